The van der Waals surface area contributed by atoms with Crippen LogP contribution < -0.4 is 10.1 Å². The number of benzene rings is 1. The Bertz CT molecular complexity index is 561. The highest BCUT2D eigenvalue weighted by molar-refractivity contribution is 6.30. The highest BCUT2D eigenvalue weighted by atomic mass is 35.5. The fraction of sp³-hybridized carbons (Fsp3) is 0.375. The van der Waals surface area contributed by atoms with Crippen LogP contribution in [0.2, 0.25) is 5.15 Å². The van der Waals surface area contributed by atoms with Crippen LogP contribution in [0.4, 0.5) is 5.82 Å². The maximum absolute atomic E-state index is 6.13. The zero-order valence-corrected chi connectivity index (χ0v) is 13.1. The van der Waals surface area contributed by atoms with Crippen LogP contribution in [0.3, 0.4) is 0 Å². The van der Waals surface area contributed by atoms with Crippen LogP contribution >= 0.6 is 11.6 Å². The van der Waals surface area contributed by atoms with Gasteiger partial charge in [-0.2, -0.15) is 0 Å². The van der Waals surface area contributed by atoms with E-state index < -0.39 is 0 Å². The summed E-state index contributed by atoms with van der Waals surface area (Å²) < 4.78 is 5.65. The third-order valence-electron chi connectivity index (χ3n) is 3.04. The lowest BCUT2D eigenvalue weighted by Crippen LogP contribution is -2.11. The predicted molar refractivity (Wildman–Crippen MR) is 86.2 cm³/mol. The molecule has 2 aromatic rings. The van der Waals surface area contributed by atoms with Crippen molar-refractivity contribution in [1.29, 1.82) is 0 Å². The van der Waals surface area contributed by atoms with Crippen LogP contribution in [0.5, 0.6) is 5.75 Å². The second-order valence-electron chi connectivity index (χ2n) is 5.02. The molecule has 0 radical (unpaired) electrons. The van der Waals surface area contributed by atoms with Crippen LogP contribution in [-0.2, 0) is 0 Å². The topological polar surface area (TPSA) is 47.0 Å². The first-order valence-electron chi connectivity index (χ1n) is 7.10. The summed E-state index contributed by atoms with van der Waals surface area (Å²) in [6.07, 6.45) is 2.37. The number of anilines is 1. The number of ether oxygens (including phenoxy) is 1. The Kier molecular flexibility index (Phi) is 5.81. The van der Waals surface area contributed by atoms with Crippen molar-refractivity contribution in [2.45, 2.75) is 26.2 Å². The number of rotatable bonds is 7. The molecule has 1 heterocycles. The molecular weight excluding hydrogens is 286 g/mol. The zero-order valence-electron chi connectivity index (χ0n) is 12.3. The van der Waals surface area contributed by atoms with Crippen molar-refractivity contribution in [1.82, 2.24) is 9.97 Å². The van der Waals surface area contributed by atoms with Gasteiger partial charge < -0.3 is 10.1 Å². The van der Waals surface area contributed by atoms with Gasteiger partial charge in [-0.15, -0.1) is 0 Å². The highest BCUT2D eigenvalue weighted by Crippen LogP contribution is 2.27. The van der Waals surface area contributed by atoms with E-state index in [1.807, 2.05) is 30.3 Å². The summed E-state index contributed by atoms with van der Waals surface area (Å²) in [4.78, 5) is 8.30. The summed E-state index contributed by atoms with van der Waals surface area (Å²) in [6.45, 7) is 5.59. The summed E-state index contributed by atoms with van der Waals surface area (Å²) in [7, 11) is 0. The minimum absolute atomic E-state index is 0.279. The summed E-state index contributed by atoms with van der Waals surface area (Å²) in [6, 6.07) is 9.81. The Morgan fingerprint density at radius 3 is 2.67 bits per heavy atom. The Labute approximate surface area is 130 Å². The third-order valence-corrected chi connectivity index (χ3v) is 3.34. The number of halogens is 1. The SMILES string of the molecule is CC(C)c1c(Cl)ncnc1NCCCOc1ccccc1. The molecule has 0 aliphatic heterocycles. The molecule has 0 fully saturated rings. The number of hydrogen-bond acceptors (Lipinski definition) is 4. The van der Waals surface area contributed by atoms with Gasteiger partial charge >= 0.3 is 0 Å². The van der Waals surface area contributed by atoms with E-state index in [1.54, 1.807) is 0 Å². The minimum Gasteiger partial charge on any atom is -0.494 e. The van der Waals surface area contributed by atoms with E-state index >= 15 is 0 Å². The molecular formula is C16H20ClN3O. The summed E-state index contributed by atoms with van der Waals surface area (Å²) in [5.74, 6) is 1.98. The van der Waals surface area contributed by atoms with E-state index in [0.29, 0.717) is 11.8 Å². The van der Waals surface area contributed by atoms with Gasteiger partial charge in [-0.1, -0.05) is 43.6 Å². The summed E-state index contributed by atoms with van der Waals surface area (Å²) in [5, 5.41) is 3.82. The highest BCUT2D eigenvalue weighted by Gasteiger charge is 2.12. The molecule has 21 heavy (non-hydrogen) atoms. The number of nitrogens with zero attached hydrogens (tertiary/aromatic N) is 2. The van der Waals surface area contributed by atoms with Crippen molar-refractivity contribution < 1.29 is 4.74 Å². The lowest BCUT2D eigenvalue weighted by molar-refractivity contribution is 0.315. The molecule has 0 atom stereocenters. The standard InChI is InChI=1S/C16H20ClN3O/c1-12(2)14-15(17)19-11-20-16(14)18-9-6-10-21-13-7-4-3-5-8-13/h3-5,7-8,11-12H,6,9-10H2,1-2H3,(H,18,19,20). The molecule has 112 valence electrons. The molecule has 0 unspecified atom stereocenters. The number of hydrogen-bond donors (Lipinski definition) is 1. The van der Waals surface area contributed by atoms with Gasteiger partial charge in [-0.05, 0) is 24.5 Å². The van der Waals surface area contributed by atoms with E-state index in [2.05, 4.69) is 29.1 Å². The second-order valence-corrected chi connectivity index (χ2v) is 5.38. The fourth-order valence-electron chi connectivity index (χ4n) is 2.01. The maximum Gasteiger partial charge on any atom is 0.138 e. The van der Waals surface area contributed by atoms with Gasteiger partial charge in [0, 0.05) is 12.1 Å². The summed E-state index contributed by atoms with van der Waals surface area (Å²) in [5.41, 5.74) is 0.961. The van der Waals surface area contributed by atoms with Gasteiger partial charge in [-0.25, -0.2) is 9.97 Å². The number of nitrogens with one attached hydrogen (secondary N) is 1. The Morgan fingerprint density at radius 2 is 1.95 bits per heavy atom. The predicted octanol–water partition coefficient (Wildman–Crippen LogP) is 4.13. The van der Waals surface area contributed by atoms with E-state index in [9.17, 15) is 0 Å². The molecule has 0 bridgehead atoms. The van der Waals surface area contributed by atoms with Crippen molar-refractivity contribution in [3.63, 3.8) is 0 Å². The van der Waals surface area contributed by atoms with E-state index in [1.165, 1.54) is 6.33 Å². The van der Waals surface area contributed by atoms with Crippen molar-refractivity contribution in [3.8, 4) is 5.75 Å². The average Bonchev–Trinajstić information content (AvgIpc) is 2.47. The fourth-order valence-corrected chi connectivity index (χ4v) is 2.36. The molecule has 0 aliphatic carbocycles. The molecule has 1 N–H and O–H groups in total. The van der Waals surface area contributed by atoms with Gasteiger partial charge in [0.15, 0.2) is 0 Å². The molecule has 0 saturated carbocycles. The first-order valence-corrected chi connectivity index (χ1v) is 7.48. The van der Waals surface area contributed by atoms with Crippen molar-refractivity contribution in [2.24, 2.45) is 0 Å². The lowest BCUT2D eigenvalue weighted by atomic mass is 10.1. The number of para-hydroxylation sites is 1. The van der Waals surface area contributed by atoms with Crippen LogP contribution in [0, 0.1) is 0 Å². The van der Waals surface area contributed by atoms with Crippen LogP contribution in [0.1, 0.15) is 31.7 Å². The van der Waals surface area contributed by atoms with Gasteiger partial charge in [0.25, 0.3) is 0 Å². The van der Waals surface area contributed by atoms with Crippen LogP contribution in [0.15, 0.2) is 36.7 Å². The summed E-state index contributed by atoms with van der Waals surface area (Å²) >= 11 is 6.13. The smallest absolute Gasteiger partial charge is 0.138 e. The zero-order chi connectivity index (χ0) is 15.1. The molecule has 0 aliphatic rings. The van der Waals surface area contributed by atoms with E-state index in [-0.39, 0.29) is 5.92 Å². The molecule has 0 spiro atoms. The molecule has 2 rings (SSSR count). The molecule has 1 aromatic carbocycles. The van der Waals surface area contributed by atoms with Crippen molar-refractivity contribution in [3.05, 3.63) is 47.4 Å². The number of aromatic nitrogens is 2. The third kappa shape index (κ3) is 4.60. The first-order chi connectivity index (χ1) is 10.2. The molecule has 0 amide bonds. The molecule has 0 saturated heterocycles. The van der Waals surface area contributed by atoms with Crippen molar-refractivity contribution >= 4 is 17.4 Å². The second kappa shape index (κ2) is 7.84. The van der Waals surface area contributed by atoms with Crippen LogP contribution in [0.25, 0.3) is 0 Å². The van der Waals surface area contributed by atoms with Crippen LogP contribution in [-0.4, -0.2) is 23.1 Å². The lowest BCUT2D eigenvalue weighted by Gasteiger charge is -2.14. The van der Waals surface area contributed by atoms with Gasteiger partial charge in [-0.3, -0.25) is 0 Å². The van der Waals surface area contributed by atoms with Gasteiger partial charge in [0.05, 0.1) is 6.61 Å². The van der Waals surface area contributed by atoms with E-state index in [0.717, 1.165) is 30.1 Å². The Morgan fingerprint density at radius 1 is 1.19 bits per heavy atom. The molecule has 5 heteroatoms. The quantitative estimate of drug-likeness (QED) is 0.617. The normalized spacial score (nSPS) is 10.7. The largest absolute Gasteiger partial charge is 0.494 e. The van der Waals surface area contributed by atoms with Gasteiger partial charge in [0.2, 0.25) is 0 Å². The average molecular weight is 306 g/mol. The Balaban J connectivity index is 1.80. The monoisotopic (exact) mass is 305 g/mol. The van der Waals surface area contributed by atoms with Crippen molar-refractivity contribution in [2.75, 3.05) is 18.5 Å². The maximum atomic E-state index is 6.13. The first kappa shape index (κ1) is 15.6. The Hall–Kier alpha value is -1.81. The molecule has 1 aromatic heterocycles. The van der Waals surface area contributed by atoms with E-state index in [4.69, 9.17) is 16.3 Å². The minimum atomic E-state index is 0.279. The molecule has 4 nitrogen and oxygen atoms in total. The van der Waals surface area contributed by atoms with Gasteiger partial charge in [0.1, 0.15) is 23.0 Å².